The van der Waals surface area contributed by atoms with E-state index >= 15 is 0 Å². The molecule has 0 aliphatic rings. The van der Waals surface area contributed by atoms with E-state index in [9.17, 15) is 13.2 Å². The first-order valence-corrected chi connectivity index (χ1v) is 10.0. The minimum Gasteiger partial charge on any atom is -0.341 e. The Hall–Kier alpha value is -2.52. The minimum atomic E-state index is -4.55. The number of hydrogen-bond acceptors (Lipinski definition) is 5. The highest BCUT2D eigenvalue weighted by Crippen LogP contribution is 2.31. The number of halogens is 3. The third kappa shape index (κ3) is 4.48. The number of H-pyrrole nitrogens is 1. The predicted octanol–water partition coefficient (Wildman–Crippen LogP) is 5.82. The highest BCUT2D eigenvalue weighted by molar-refractivity contribution is 7.99. The zero-order chi connectivity index (χ0) is 19.6. The van der Waals surface area contributed by atoms with Gasteiger partial charge in [0.25, 0.3) is 0 Å². The Morgan fingerprint density at radius 3 is 2.54 bits per heavy atom. The van der Waals surface area contributed by atoms with E-state index in [1.807, 2.05) is 48.5 Å². The lowest BCUT2D eigenvalue weighted by molar-refractivity contribution is -0.145. The first kappa shape index (κ1) is 18.8. The van der Waals surface area contributed by atoms with Gasteiger partial charge in [0, 0.05) is 16.0 Å². The molecule has 0 unspecified atom stereocenters. The number of nitrogens with one attached hydrogen (secondary N) is 1. The lowest BCUT2D eigenvalue weighted by Crippen LogP contribution is -2.10. The molecule has 0 bridgehead atoms. The van der Waals surface area contributed by atoms with Gasteiger partial charge in [-0.1, -0.05) is 41.7 Å². The van der Waals surface area contributed by atoms with E-state index < -0.39 is 12.0 Å². The van der Waals surface area contributed by atoms with Crippen molar-refractivity contribution in [2.45, 2.75) is 26.7 Å². The van der Waals surface area contributed by atoms with Crippen molar-refractivity contribution in [1.29, 1.82) is 0 Å². The summed E-state index contributed by atoms with van der Waals surface area (Å²) in [6.45, 7) is 0. The van der Waals surface area contributed by atoms with Gasteiger partial charge in [0.1, 0.15) is 10.9 Å². The van der Waals surface area contributed by atoms with Gasteiger partial charge in [-0.25, -0.2) is 15.0 Å². The van der Waals surface area contributed by atoms with Crippen molar-refractivity contribution in [2.75, 3.05) is 0 Å². The van der Waals surface area contributed by atoms with Crippen molar-refractivity contribution in [3.8, 4) is 0 Å². The molecule has 9 heteroatoms. The number of hydrogen-bond donors (Lipinski definition) is 1. The van der Waals surface area contributed by atoms with Crippen LogP contribution in [0.15, 0.2) is 75.6 Å². The number of nitrogens with zero attached hydrogens (tertiary/aromatic N) is 3. The molecule has 0 saturated carbocycles. The molecule has 0 fully saturated rings. The summed E-state index contributed by atoms with van der Waals surface area (Å²) in [6, 6.07) is 17.4. The Morgan fingerprint density at radius 1 is 0.929 bits per heavy atom. The molecule has 1 N–H and O–H groups in total. The Morgan fingerprint density at radius 2 is 1.75 bits per heavy atom. The number of alkyl halides is 3. The van der Waals surface area contributed by atoms with E-state index in [-0.39, 0.29) is 5.03 Å². The van der Waals surface area contributed by atoms with E-state index in [0.29, 0.717) is 11.6 Å². The molecule has 142 valence electrons. The summed E-state index contributed by atoms with van der Waals surface area (Å²) >= 11 is 2.82. The van der Waals surface area contributed by atoms with Crippen LogP contribution in [0.2, 0.25) is 0 Å². The molecule has 4 aromatic rings. The second-order valence-electron chi connectivity index (χ2n) is 5.78. The van der Waals surface area contributed by atoms with Crippen LogP contribution < -0.4 is 0 Å². The summed E-state index contributed by atoms with van der Waals surface area (Å²) in [4.78, 5) is 16.8. The van der Waals surface area contributed by atoms with Gasteiger partial charge in [0.15, 0.2) is 0 Å². The molecule has 0 aliphatic heterocycles. The van der Waals surface area contributed by atoms with Gasteiger partial charge in [0.2, 0.25) is 5.82 Å². The van der Waals surface area contributed by atoms with Crippen LogP contribution >= 0.6 is 23.5 Å². The second-order valence-corrected chi connectivity index (χ2v) is 7.93. The Balaban J connectivity index is 1.48. The van der Waals surface area contributed by atoms with E-state index in [1.165, 1.54) is 17.8 Å². The van der Waals surface area contributed by atoms with Crippen LogP contribution in [0.5, 0.6) is 0 Å². The van der Waals surface area contributed by atoms with Crippen LogP contribution in [0.25, 0.3) is 11.0 Å². The zero-order valence-electron chi connectivity index (χ0n) is 14.3. The van der Waals surface area contributed by atoms with Gasteiger partial charge in [-0.05, 0) is 36.4 Å². The first-order valence-electron chi connectivity index (χ1n) is 8.22. The van der Waals surface area contributed by atoms with E-state index in [1.54, 1.807) is 11.8 Å². The fraction of sp³-hybridized carbons (Fsp3) is 0.105. The average Bonchev–Trinajstić information content (AvgIpc) is 3.09. The third-order valence-electron chi connectivity index (χ3n) is 3.72. The van der Waals surface area contributed by atoms with Crippen molar-refractivity contribution < 1.29 is 13.2 Å². The standard InChI is InChI=1S/C19H13F3N4S2/c20-19(21,22)18-23-9-8-17(26-18)27-11-16-24-14-7-6-13(10-15(14)25-16)28-12-4-2-1-3-5-12/h1-10H,11H2,(H,24,25). The molecule has 4 rings (SSSR count). The lowest BCUT2D eigenvalue weighted by atomic mass is 10.3. The molecular formula is C19H13F3N4S2. The van der Waals surface area contributed by atoms with Crippen LogP contribution in [-0.4, -0.2) is 19.9 Å². The SMILES string of the molecule is FC(F)(F)c1nccc(SCc2nc3cc(Sc4ccccc4)ccc3[nH]2)n1. The molecule has 0 radical (unpaired) electrons. The molecule has 0 aliphatic carbocycles. The van der Waals surface area contributed by atoms with Crippen molar-refractivity contribution in [3.63, 3.8) is 0 Å². The maximum Gasteiger partial charge on any atom is 0.451 e. The van der Waals surface area contributed by atoms with Gasteiger partial charge in [-0.2, -0.15) is 13.2 Å². The molecule has 4 nitrogen and oxygen atoms in total. The summed E-state index contributed by atoms with van der Waals surface area (Å²) in [5.41, 5.74) is 1.70. The fourth-order valence-electron chi connectivity index (χ4n) is 2.50. The first-order chi connectivity index (χ1) is 13.5. The van der Waals surface area contributed by atoms with Crippen LogP contribution in [0.3, 0.4) is 0 Å². The molecule has 2 aromatic carbocycles. The normalized spacial score (nSPS) is 11.8. The quantitative estimate of drug-likeness (QED) is 0.327. The Bertz CT molecular complexity index is 1100. The minimum absolute atomic E-state index is 0.253. The van der Waals surface area contributed by atoms with Crippen LogP contribution in [0, 0.1) is 0 Å². The number of rotatable bonds is 5. The molecule has 0 atom stereocenters. The van der Waals surface area contributed by atoms with Gasteiger partial charge in [-0.3, -0.25) is 0 Å². The summed E-state index contributed by atoms with van der Waals surface area (Å²) in [5.74, 6) is -0.0804. The average molecular weight is 418 g/mol. The number of imidazole rings is 1. The molecule has 28 heavy (non-hydrogen) atoms. The van der Waals surface area contributed by atoms with Crippen LogP contribution in [0.1, 0.15) is 11.6 Å². The summed E-state index contributed by atoms with van der Waals surface area (Å²) in [6.07, 6.45) is -3.44. The molecule has 2 heterocycles. The van der Waals surface area contributed by atoms with E-state index in [2.05, 4.69) is 19.9 Å². The number of fused-ring (bicyclic) bond motifs is 1. The highest BCUT2D eigenvalue weighted by Gasteiger charge is 2.34. The maximum absolute atomic E-state index is 12.7. The second kappa shape index (κ2) is 7.84. The van der Waals surface area contributed by atoms with Crippen molar-refractivity contribution in [1.82, 2.24) is 19.9 Å². The van der Waals surface area contributed by atoms with Gasteiger partial charge >= 0.3 is 6.18 Å². The topological polar surface area (TPSA) is 54.5 Å². The van der Waals surface area contributed by atoms with Gasteiger partial charge < -0.3 is 4.98 Å². The van der Waals surface area contributed by atoms with Gasteiger partial charge in [0.05, 0.1) is 16.8 Å². The Labute approximate surface area is 167 Å². The number of aromatic amines is 1. The summed E-state index contributed by atoms with van der Waals surface area (Å²) in [5, 5.41) is 0.253. The van der Waals surface area contributed by atoms with Crippen molar-refractivity contribution in [3.05, 3.63) is 72.4 Å². The predicted molar refractivity (Wildman–Crippen MR) is 103 cm³/mol. The smallest absolute Gasteiger partial charge is 0.341 e. The van der Waals surface area contributed by atoms with Gasteiger partial charge in [-0.15, -0.1) is 0 Å². The van der Waals surface area contributed by atoms with Crippen LogP contribution in [-0.2, 0) is 11.9 Å². The van der Waals surface area contributed by atoms with Crippen molar-refractivity contribution >= 4 is 34.6 Å². The molecule has 0 amide bonds. The molecular weight excluding hydrogens is 405 g/mol. The van der Waals surface area contributed by atoms with Crippen LogP contribution in [0.4, 0.5) is 13.2 Å². The maximum atomic E-state index is 12.7. The largest absolute Gasteiger partial charge is 0.451 e. The summed E-state index contributed by atoms with van der Waals surface area (Å²) in [7, 11) is 0. The zero-order valence-corrected chi connectivity index (χ0v) is 15.9. The Kier molecular flexibility index (Phi) is 5.27. The monoisotopic (exact) mass is 418 g/mol. The number of thioether (sulfide) groups is 1. The number of aromatic nitrogens is 4. The fourth-order valence-corrected chi connectivity index (χ4v) is 4.10. The number of benzene rings is 2. The lowest BCUT2D eigenvalue weighted by Gasteiger charge is -2.05. The molecule has 0 saturated heterocycles. The molecule has 0 spiro atoms. The van der Waals surface area contributed by atoms with E-state index in [4.69, 9.17) is 0 Å². The third-order valence-corrected chi connectivity index (χ3v) is 5.66. The van der Waals surface area contributed by atoms with Crippen molar-refractivity contribution in [2.24, 2.45) is 0 Å². The molecule has 2 aromatic heterocycles. The highest BCUT2D eigenvalue weighted by atomic mass is 32.2. The van der Waals surface area contributed by atoms with E-state index in [0.717, 1.165) is 27.0 Å². The summed E-state index contributed by atoms with van der Waals surface area (Å²) < 4.78 is 38.1.